The van der Waals surface area contributed by atoms with Gasteiger partial charge in [-0.15, -0.1) is 0 Å². The zero-order valence-electron chi connectivity index (χ0n) is 11.4. The van der Waals surface area contributed by atoms with Gasteiger partial charge in [0.15, 0.2) is 5.82 Å². The molecule has 1 aromatic carbocycles. The third-order valence-corrected chi connectivity index (χ3v) is 3.07. The van der Waals surface area contributed by atoms with Crippen LogP contribution in [0, 0.1) is 17.2 Å². The van der Waals surface area contributed by atoms with E-state index >= 15 is 0 Å². The molecule has 1 aromatic heterocycles. The molecule has 1 atom stereocenters. The van der Waals surface area contributed by atoms with Crippen molar-refractivity contribution in [2.45, 2.75) is 6.92 Å². The van der Waals surface area contributed by atoms with E-state index in [1.165, 1.54) is 0 Å². The summed E-state index contributed by atoms with van der Waals surface area (Å²) in [4.78, 5) is 10.7. The lowest BCUT2D eigenvalue weighted by Gasteiger charge is -2.19. The van der Waals surface area contributed by atoms with Crippen LogP contribution >= 0.6 is 11.6 Å². The molecular formula is C15H15ClN4. The van der Waals surface area contributed by atoms with E-state index in [9.17, 15) is 0 Å². The SMILES string of the molecule is CC(C#N)CN(C)c1cc(Cl)nc(-c2ccccc2)n1. The van der Waals surface area contributed by atoms with Gasteiger partial charge in [0.25, 0.3) is 0 Å². The largest absolute Gasteiger partial charge is 0.358 e. The molecule has 0 spiro atoms. The Morgan fingerprint density at radius 2 is 2.00 bits per heavy atom. The van der Waals surface area contributed by atoms with Gasteiger partial charge in [-0.25, -0.2) is 9.97 Å². The van der Waals surface area contributed by atoms with Crippen LogP contribution in [0.5, 0.6) is 0 Å². The number of rotatable bonds is 4. The zero-order chi connectivity index (χ0) is 14.5. The maximum absolute atomic E-state index is 8.88. The van der Waals surface area contributed by atoms with E-state index < -0.39 is 0 Å². The van der Waals surface area contributed by atoms with E-state index in [1.807, 2.05) is 49.2 Å². The van der Waals surface area contributed by atoms with Gasteiger partial charge in [-0.2, -0.15) is 5.26 Å². The van der Waals surface area contributed by atoms with Crippen LogP contribution in [0.15, 0.2) is 36.4 Å². The third-order valence-electron chi connectivity index (χ3n) is 2.87. The van der Waals surface area contributed by atoms with Gasteiger partial charge in [-0.1, -0.05) is 41.9 Å². The molecule has 0 saturated carbocycles. The summed E-state index contributed by atoms with van der Waals surface area (Å²) in [5.74, 6) is 1.23. The summed E-state index contributed by atoms with van der Waals surface area (Å²) in [5, 5.41) is 9.28. The highest BCUT2D eigenvalue weighted by molar-refractivity contribution is 6.29. The van der Waals surface area contributed by atoms with Gasteiger partial charge in [0.05, 0.1) is 12.0 Å². The van der Waals surface area contributed by atoms with E-state index in [-0.39, 0.29) is 5.92 Å². The Morgan fingerprint density at radius 3 is 2.65 bits per heavy atom. The van der Waals surface area contributed by atoms with Crippen molar-refractivity contribution in [3.05, 3.63) is 41.6 Å². The van der Waals surface area contributed by atoms with Crippen LogP contribution in [0.1, 0.15) is 6.92 Å². The van der Waals surface area contributed by atoms with Gasteiger partial charge < -0.3 is 4.90 Å². The summed E-state index contributed by atoms with van der Waals surface area (Å²) >= 11 is 6.07. The van der Waals surface area contributed by atoms with Gasteiger partial charge in [0, 0.05) is 25.2 Å². The number of hydrogen-bond donors (Lipinski definition) is 0. The van der Waals surface area contributed by atoms with Crippen molar-refractivity contribution in [2.75, 3.05) is 18.5 Å². The number of anilines is 1. The average molecular weight is 287 g/mol. The zero-order valence-corrected chi connectivity index (χ0v) is 12.2. The highest BCUT2D eigenvalue weighted by atomic mass is 35.5. The van der Waals surface area contributed by atoms with Gasteiger partial charge in [0.1, 0.15) is 11.0 Å². The first-order valence-corrected chi connectivity index (χ1v) is 6.68. The highest BCUT2D eigenvalue weighted by Gasteiger charge is 2.11. The Labute approximate surface area is 123 Å². The second kappa shape index (κ2) is 6.36. The van der Waals surface area contributed by atoms with E-state index in [2.05, 4.69) is 16.0 Å². The van der Waals surface area contributed by atoms with Crippen LogP contribution in [0.4, 0.5) is 5.82 Å². The summed E-state index contributed by atoms with van der Waals surface area (Å²) in [5.41, 5.74) is 0.915. The molecule has 102 valence electrons. The van der Waals surface area contributed by atoms with Crippen LogP contribution in [-0.2, 0) is 0 Å². The van der Waals surface area contributed by atoms with Crippen molar-refractivity contribution in [3.63, 3.8) is 0 Å². The average Bonchev–Trinajstić information content (AvgIpc) is 2.47. The third kappa shape index (κ3) is 3.46. The maximum Gasteiger partial charge on any atom is 0.163 e. The van der Waals surface area contributed by atoms with E-state index in [4.69, 9.17) is 16.9 Å². The lowest BCUT2D eigenvalue weighted by Crippen LogP contribution is -2.24. The molecule has 5 heteroatoms. The first kappa shape index (κ1) is 14.3. The Balaban J connectivity index is 2.32. The summed E-state index contributed by atoms with van der Waals surface area (Å²) < 4.78 is 0. The molecule has 0 N–H and O–H groups in total. The fourth-order valence-corrected chi connectivity index (χ4v) is 2.04. The first-order chi connectivity index (χ1) is 9.60. The molecule has 1 heterocycles. The topological polar surface area (TPSA) is 52.8 Å². The van der Waals surface area contributed by atoms with Crippen LogP contribution in [-0.4, -0.2) is 23.6 Å². The number of nitriles is 1. The van der Waals surface area contributed by atoms with Gasteiger partial charge in [-0.05, 0) is 6.92 Å². The lowest BCUT2D eigenvalue weighted by molar-refractivity contribution is 0.709. The van der Waals surface area contributed by atoms with Gasteiger partial charge >= 0.3 is 0 Å². The Bertz CT molecular complexity index is 622. The van der Waals surface area contributed by atoms with Crippen molar-refractivity contribution >= 4 is 17.4 Å². The second-order valence-corrected chi connectivity index (χ2v) is 5.04. The first-order valence-electron chi connectivity index (χ1n) is 6.31. The lowest BCUT2D eigenvalue weighted by atomic mass is 10.2. The van der Waals surface area contributed by atoms with Gasteiger partial charge in [0.2, 0.25) is 0 Å². The molecule has 0 aliphatic carbocycles. The molecule has 0 aliphatic rings. The molecule has 0 saturated heterocycles. The number of halogens is 1. The molecule has 2 rings (SSSR count). The van der Waals surface area contributed by atoms with Gasteiger partial charge in [-0.3, -0.25) is 0 Å². The molecule has 0 bridgehead atoms. The Hall–Kier alpha value is -2.12. The quantitative estimate of drug-likeness (QED) is 0.809. The van der Waals surface area contributed by atoms with Crippen LogP contribution in [0.25, 0.3) is 11.4 Å². The van der Waals surface area contributed by atoms with Crippen LogP contribution in [0.3, 0.4) is 0 Å². The van der Waals surface area contributed by atoms with Crippen molar-refractivity contribution < 1.29 is 0 Å². The summed E-state index contributed by atoms with van der Waals surface area (Å²) in [6.45, 7) is 2.47. The minimum absolute atomic E-state index is 0.0751. The minimum atomic E-state index is -0.0751. The maximum atomic E-state index is 8.88. The smallest absolute Gasteiger partial charge is 0.163 e. The van der Waals surface area contributed by atoms with E-state index in [0.29, 0.717) is 23.3 Å². The fraction of sp³-hybridized carbons (Fsp3) is 0.267. The summed E-state index contributed by atoms with van der Waals surface area (Å²) in [7, 11) is 1.89. The molecule has 0 amide bonds. The summed E-state index contributed by atoms with van der Waals surface area (Å²) in [6.07, 6.45) is 0. The second-order valence-electron chi connectivity index (χ2n) is 4.65. The molecule has 1 unspecified atom stereocenters. The molecule has 0 aliphatic heterocycles. The number of hydrogen-bond acceptors (Lipinski definition) is 4. The van der Waals surface area contributed by atoms with E-state index in [1.54, 1.807) is 6.07 Å². The highest BCUT2D eigenvalue weighted by Crippen LogP contribution is 2.22. The number of aromatic nitrogens is 2. The van der Waals surface area contributed by atoms with Crippen molar-refractivity contribution in [3.8, 4) is 17.5 Å². The Morgan fingerprint density at radius 1 is 1.30 bits per heavy atom. The molecule has 0 radical (unpaired) electrons. The standard InChI is InChI=1S/C15H15ClN4/c1-11(9-17)10-20(2)14-8-13(16)18-15(19-14)12-6-4-3-5-7-12/h3-8,11H,10H2,1-2H3. The minimum Gasteiger partial charge on any atom is -0.358 e. The number of benzene rings is 1. The predicted octanol–water partition coefficient (Wildman–Crippen LogP) is 3.39. The summed E-state index contributed by atoms with van der Waals surface area (Å²) in [6, 6.07) is 13.6. The fourth-order valence-electron chi connectivity index (χ4n) is 1.86. The normalized spacial score (nSPS) is 11.7. The molecule has 20 heavy (non-hydrogen) atoms. The molecule has 4 nitrogen and oxygen atoms in total. The van der Waals surface area contributed by atoms with Crippen molar-refractivity contribution in [2.24, 2.45) is 5.92 Å². The molecule has 0 fully saturated rings. The molecule has 2 aromatic rings. The van der Waals surface area contributed by atoms with E-state index in [0.717, 1.165) is 5.56 Å². The van der Waals surface area contributed by atoms with Crippen LogP contribution in [0.2, 0.25) is 5.15 Å². The molecular weight excluding hydrogens is 272 g/mol. The predicted molar refractivity (Wildman–Crippen MR) is 80.5 cm³/mol. The van der Waals surface area contributed by atoms with Crippen molar-refractivity contribution in [1.29, 1.82) is 5.26 Å². The monoisotopic (exact) mass is 286 g/mol. The van der Waals surface area contributed by atoms with Crippen molar-refractivity contribution in [1.82, 2.24) is 9.97 Å². The Kier molecular flexibility index (Phi) is 4.54. The number of nitrogens with zero attached hydrogens (tertiary/aromatic N) is 4. The van der Waals surface area contributed by atoms with Crippen LogP contribution < -0.4 is 4.90 Å².